The molecule has 0 aliphatic carbocycles. The Balaban J connectivity index is 1.68. The molecule has 2 aliphatic rings. The fraction of sp³-hybridized carbons (Fsp3) is 0.500. The molecule has 0 aromatic heterocycles. The van der Waals surface area contributed by atoms with Crippen molar-refractivity contribution in [2.75, 3.05) is 31.1 Å². The molecule has 2 saturated heterocycles. The van der Waals surface area contributed by atoms with Gasteiger partial charge >= 0.3 is 0 Å². The number of benzene rings is 2. The van der Waals surface area contributed by atoms with Crippen molar-refractivity contribution in [2.24, 2.45) is 39.6 Å². The van der Waals surface area contributed by atoms with E-state index in [2.05, 4.69) is 42.2 Å². The number of likely N-dealkylation sites (tertiary alicyclic amines) is 1. The van der Waals surface area contributed by atoms with E-state index in [1.807, 2.05) is 0 Å². The van der Waals surface area contributed by atoms with Crippen molar-refractivity contribution >= 4 is 86.6 Å². The first-order chi connectivity index (χ1) is 34.6. The average Bonchev–Trinajstić information content (AvgIpc) is 3.84. The molecule has 2 aromatic rings. The fourth-order valence-corrected chi connectivity index (χ4v) is 10.0. The third-order valence-electron chi connectivity index (χ3n) is 11.6. The summed E-state index contributed by atoms with van der Waals surface area (Å²) in [7, 11) is 2.07. The van der Waals surface area contributed by atoms with Crippen molar-refractivity contribution < 1.29 is 53.1 Å². The minimum absolute atomic E-state index is 0.0232. The number of rotatable bonds is 17. The number of aromatic hydroxyl groups is 1. The molecule has 18 N–H and O–H groups in total. The molecule has 398 valence electrons. The Morgan fingerprint density at radius 1 is 0.753 bits per heavy atom. The molecule has 4 rings (SSSR count). The maximum Gasteiger partial charge on any atom is 0.246 e. The zero-order chi connectivity index (χ0) is 53.8. The van der Waals surface area contributed by atoms with Gasteiger partial charge in [0.25, 0.3) is 0 Å². The second kappa shape index (κ2) is 28.8. The maximum atomic E-state index is 14.6. The highest BCUT2D eigenvalue weighted by Crippen LogP contribution is 2.26. The summed E-state index contributed by atoms with van der Waals surface area (Å²) in [5, 5.41) is 28.1. The second-order valence-electron chi connectivity index (χ2n) is 17.8. The van der Waals surface area contributed by atoms with Gasteiger partial charge in [-0.1, -0.05) is 77.9 Å². The number of aliphatic imine (C=N–C) groups is 1. The Hall–Kier alpha value is -7.13. The van der Waals surface area contributed by atoms with Gasteiger partial charge < -0.3 is 75.9 Å². The summed E-state index contributed by atoms with van der Waals surface area (Å²) in [5.74, 6) is -9.49. The van der Waals surface area contributed by atoms with E-state index in [9.17, 15) is 53.1 Å². The van der Waals surface area contributed by atoms with Crippen LogP contribution >= 0.6 is 21.6 Å². The summed E-state index contributed by atoms with van der Waals surface area (Å²) >= 11 is 0. The molecule has 2 aromatic carbocycles. The van der Waals surface area contributed by atoms with Crippen LogP contribution in [0.3, 0.4) is 0 Å². The molecule has 2 aliphatic heterocycles. The molecule has 8 atom stereocenters. The van der Waals surface area contributed by atoms with Crippen LogP contribution in [0.5, 0.6) is 5.75 Å². The highest BCUT2D eigenvalue weighted by atomic mass is 33.1. The van der Waals surface area contributed by atoms with Gasteiger partial charge in [-0.3, -0.25) is 52.9 Å². The van der Waals surface area contributed by atoms with Crippen LogP contribution in [0.25, 0.3) is 0 Å². The standard InChI is InChI=1S/C46H66N14O11S2/c1-24(2)37-44(70)57-32(20-35(48)62)41(67)58-33(45(71)60-17-7-11-34(60)43(69)54-29(10-6-16-52-46(50)51)39(65)53-21-36(49)63)23-73-72-22-28(47)38(64)55-30(19-26-12-14-27(61)15-13-26)40(66)56-31(42(68)59-37)18-25-8-4-3-5-9-25/h3-5,8-9,12-15,24,28-34,37,61H,6-7,10-11,16-23,47H2,1-2H3,(H2,48,62)(H2,49,63)(H,53,65)(H,54,69)(H,55,64)(H,56,66)(H,57,70)(H,58,67)(H,59,68)(H4,50,51,52)/t28-,29+,30-,31+,32-,33-,34-,37-/m0/s1. The van der Waals surface area contributed by atoms with E-state index in [0.717, 1.165) is 21.6 Å². The lowest BCUT2D eigenvalue weighted by Crippen LogP contribution is -2.62. The van der Waals surface area contributed by atoms with Gasteiger partial charge in [-0.25, -0.2) is 0 Å². The van der Waals surface area contributed by atoms with Crippen molar-refractivity contribution in [1.82, 2.24) is 42.1 Å². The summed E-state index contributed by atoms with van der Waals surface area (Å²) < 4.78 is 0. The van der Waals surface area contributed by atoms with Crippen molar-refractivity contribution in [3.63, 3.8) is 0 Å². The number of nitrogens with zero attached hydrogens (tertiary/aromatic N) is 2. The minimum atomic E-state index is -1.68. The predicted octanol–water partition coefficient (Wildman–Crippen LogP) is -4.01. The lowest BCUT2D eigenvalue weighted by atomic mass is 9.99. The number of hydrogen-bond acceptors (Lipinski definition) is 15. The SMILES string of the molecule is CC(C)[C@@H]1NC(=O)[C@@H](Cc2ccccc2)NC(=O)[C@H](Cc2ccc(O)cc2)NC(=O)[C@@H](N)CSSC[C@@H](C(=O)N2CCC[C@H]2C(=O)N[C@H](CCCN=C(N)N)C(=O)NCC(N)=O)NC(=O)[C@H](CC(N)=O)NC1=O. The molecule has 0 saturated carbocycles. The third-order valence-corrected chi connectivity index (χ3v) is 14.0. The molecule has 10 amide bonds. The summed E-state index contributed by atoms with van der Waals surface area (Å²) in [4.78, 5) is 141. The summed E-state index contributed by atoms with van der Waals surface area (Å²) in [6, 6.07) is 3.86. The molecule has 27 heteroatoms. The van der Waals surface area contributed by atoms with Crippen LogP contribution in [0.4, 0.5) is 0 Å². The first-order valence-corrected chi connectivity index (χ1v) is 26.0. The monoisotopic (exact) mass is 1050 g/mol. The first-order valence-electron chi connectivity index (χ1n) is 23.5. The molecule has 73 heavy (non-hydrogen) atoms. The van der Waals surface area contributed by atoms with Gasteiger partial charge in [0.15, 0.2) is 5.96 Å². The summed E-state index contributed by atoms with van der Waals surface area (Å²) in [6.07, 6.45) is -0.162. The van der Waals surface area contributed by atoms with Crippen LogP contribution in [0.2, 0.25) is 0 Å². The van der Waals surface area contributed by atoms with Crippen LogP contribution in [0, 0.1) is 5.92 Å². The molecular weight excluding hydrogens is 989 g/mol. The lowest BCUT2D eigenvalue weighted by molar-refractivity contribution is -0.142. The fourth-order valence-electron chi connectivity index (χ4n) is 7.75. The van der Waals surface area contributed by atoms with Crippen molar-refractivity contribution in [2.45, 2.75) is 107 Å². The Morgan fingerprint density at radius 2 is 1.34 bits per heavy atom. The van der Waals surface area contributed by atoms with Gasteiger partial charge in [0.1, 0.15) is 48.0 Å². The van der Waals surface area contributed by atoms with Crippen LogP contribution < -0.4 is 65.9 Å². The predicted molar refractivity (Wildman–Crippen MR) is 272 cm³/mol. The Kier molecular flexibility index (Phi) is 23.0. The Morgan fingerprint density at radius 3 is 1.96 bits per heavy atom. The largest absolute Gasteiger partial charge is 0.508 e. The minimum Gasteiger partial charge on any atom is -0.508 e. The van der Waals surface area contributed by atoms with Gasteiger partial charge in [-0.2, -0.15) is 0 Å². The molecule has 0 radical (unpaired) electrons. The number of hydrogen-bond donors (Lipinski definition) is 13. The van der Waals surface area contributed by atoms with Crippen LogP contribution in [0.1, 0.15) is 57.1 Å². The van der Waals surface area contributed by atoms with Crippen molar-refractivity contribution in [1.29, 1.82) is 0 Å². The van der Waals surface area contributed by atoms with Crippen molar-refractivity contribution in [3.05, 3.63) is 65.7 Å². The molecule has 0 spiro atoms. The summed E-state index contributed by atoms with van der Waals surface area (Å²) in [5.41, 5.74) is 29.1. The quantitative estimate of drug-likeness (QED) is 0.0311. The molecular formula is C46H66N14O11S2. The van der Waals surface area contributed by atoms with Crippen LogP contribution in [-0.2, 0) is 60.8 Å². The number of carbonyl (C=O) groups excluding carboxylic acids is 10. The molecule has 25 nitrogen and oxygen atoms in total. The second-order valence-corrected chi connectivity index (χ2v) is 20.3. The Labute approximate surface area is 429 Å². The van der Waals surface area contributed by atoms with E-state index in [0.29, 0.717) is 17.5 Å². The summed E-state index contributed by atoms with van der Waals surface area (Å²) in [6.45, 7) is 2.85. The molecule has 2 heterocycles. The molecule has 2 fully saturated rings. The van der Waals surface area contributed by atoms with E-state index in [-0.39, 0.29) is 68.4 Å². The van der Waals surface area contributed by atoms with E-state index >= 15 is 0 Å². The zero-order valence-electron chi connectivity index (χ0n) is 40.5. The maximum absolute atomic E-state index is 14.6. The van der Waals surface area contributed by atoms with Crippen molar-refractivity contribution in [3.8, 4) is 5.75 Å². The number of phenols is 1. The number of nitrogens with two attached hydrogens (primary N) is 5. The highest BCUT2D eigenvalue weighted by molar-refractivity contribution is 8.76. The van der Waals surface area contributed by atoms with Gasteiger partial charge in [0.05, 0.1) is 19.0 Å². The van der Waals surface area contributed by atoms with E-state index in [1.165, 1.54) is 17.0 Å². The van der Waals surface area contributed by atoms with Gasteiger partial charge in [0, 0.05) is 37.4 Å². The van der Waals surface area contributed by atoms with Gasteiger partial charge in [0.2, 0.25) is 59.1 Å². The first kappa shape index (κ1) is 58.4. The normalized spacial score (nSPS) is 23.0. The number of nitrogens with one attached hydrogen (secondary N) is 7. The van der Waals surface area contributed by atoms with E-state index < -0.39 is 126 Å². The molecule has 0 bridgehead atoms. The van der Waals surface area contributed by atoms with Gasteiger partial charge in [-0.05, 0) is 54.9 Å². The number of amides is 10. The number of phenolic OH excluding ortho intramolecular Hbond substituents is 1. The van der Waals surface area contributed by atoms with E-state index in [1.54, 1.807) is 56.3 Å². The zero-order valence-corrected chi connectivity index (χ0v) is 42.1. The third kappa shape index (κ3) is 19.1. The highest BCUT2D eigenvalue weighted by Gasteiger charge is 2.41. The Bertz CT molecular complexity index is 2320. The molecule has 0 unspecified atom stereocenters. The number of primary amides is 2. The number of guanidine groups is 1. The smallest absolute Gasteiger partial charge is 0.246 e. The topological polar surface area (TPSA) is 421 Å². The van der Waals surface area contributed by atoms with E-state index in [4.69, 9.17) is 28.7 Å². The average molecular weight is 1060 g/mol. The van der Waals surface area contributed by atoms with Gasteiger partial charge in [-0.15, -0.1) is 0 Å². The lowest BCUT2D eigenvalue weighted by Gasteiger charge is -2.31. The van der Waals surface area contributed by atoms with Crippen LogP contribution in [-0.4, -0.2) is 155 Å². The van der Waals surface area contributed by atoms with Crippen LogP contribution in [0.15, 0.2) is 59.6 Å². The number of carbonyl (C=O) groups is 10.